The summed E-state index contributed by atoms with van der Waals surface area (Å²) in [5, 5.41) is 21.0. The number of aliphatic hydroxyl groups is 2. The number of hydrogen-bond donors (Lipinski definition) is 2. The van der Waals surface area contributed by atoms with E-state index in [1.807, 2.05) is 12.1 Å². The molecule has 3 amide bonds. The van der Waals surface area contributed by atoms with E-state index in [1.54, 1.807) is 54.3 Å². The van der Waals surface area contributed by atoms with Crippen LogP contribution in [0.4, 0.5) is 26.7 Å². The van der Waals surface area contributed by atoms with Crippen molar-refractivity contribution >= 4 is 35.2 Å². The molecule has 5 rings (SSSR count). The van der Waals surface area contributed by atoms with Gasteiger partial charge in [-0.05, 0) is 42.3 Å². The minimum Gasteiger partial charge on any atom is -0.447 e. The Bertz CT molecular complexity index is 1250. The number of hydrogen-bond acceptors (Lipinski definition) is 7. The molecule has 2 saturated heterocycles. The van der Waals surface area contributed by atoms with Gasteiger partial charge in [0.05, 0.1) is 25.3 Å². The number of aliphatic hydroxyl groups excluding tert-OH is 1. The number of ether oxygens (including phenoxy) is 2. The highest BCUT2D eigenvalue weighted by atomic mass is 16.6. The number of benzene rings is 2. The fraction of sp³-hybridized carbons (Fsp3) is 0.370. The molecule has 2 atom stereocenters. The first-order chi connectivity index (χ1) is 17.8. The van der Waals surface area contributed by atoms with Crippen LogP contribution in [0.3, 0.4) is 0 Å². The zero-order chi connectivity index (χ0) is 26.2. The Morgan fingerprint density at radius 1 is 0.973 bits per heavy atom. The molecule has 2 aromatic rings. The lowest BCUT2D eigenvalue weighted by molar-refractivity contribution is -0.139. The van der Waals surface area contributed by atoms with Crippen molar-refractivity contribution in [2.24, 2.45) is 5.92 Å². The Morgan fingerprint density at radius 3 is 2.19 bits per heavy atom. The lowest BCUT2D eigenvalue weighted by atomic mass is 9.82. The van der Waals surface area contributed by atoms with E-state index in [4.69, 9.17) is 14.6 Å². The van der Waals surface area contributed by atoms with Crippen molar-refractivity contribution in [3.05, 3.63) is 65.7 Å². The summed E-state index contributed by atoms with van der Waals surface area (Å²) in [7, 11) is 0. The Hall–Kier alpha value is -3.89. The van der Waals surface area contributed by atoms with Crippen LogP contribution in [0.5, 0.6) is 0 Å². The number of fused-ring (bicyclic) bond motifs is 1. The largest absolute Gasteiger partial charge is 0.447 e. The van der Waals surface area contributed by atoms with Gasteiger partial charge in [0.2, 0.25) is 0 Å². The van der Waals surface area contributed by atoms with Gasteiger partial charge in [-0.3, -0.25) is 14.6 Å². The van der Waals surface area contributed by atoms with Gasteiger partial charge in [-0.25, -0.2) is 9.59 Å². The van der Waals surface area contributed by atoms with Crippen molar-refractivity contribution in [2.45, 2.75) is 25.5 Å². The Morgan fingerprint density at radius 2 is 1.59 bits per heavy atom. The minimum atomic E-state index is -1.86. The lowest BCUT2D eigenvalue weighted by Crippen LogP contribution is -2.44. The summed E-state index contributed by atoms with van der Waals surface area (Å²) in [6.45, 7) is 3.41. The van der Waals surface area contributed by atoms with Crippen LogP contribution in [-0.4, -0.2) is 61.2 Å². The number of carbonyl (C=O) groups is 3. The SMILES string of the molecule is C[C@@H](/C=C/CCO)[C@]1(O)C(=O)N(Cc2ccc(N3CCOC3=O)cc2)c2ccc(N3CCOC3=O)cc21. The van der Waals surface area contributed by atoms with Crippen LogP contribution >= 0.6 is 0 Å². The number of nitrogens with zero attached hydrogens (tertiary/aromatic N) is 3. The van der Waals surface area contributed by atoms with Crippen molar-refractivity contribution in [1.82, 2.24) is 0 Å². The third-order valence-electron chi connectivity index (χ3n) is 7.05. The smallest absolute Gasteiger partial charge is 0.414 e. The van der Waals surface area contributed by atoms with E-state index in [0.29, 0.717) is 48.7 Å². The Kier molecular flexibility index (Phi) is 6.61. The molecule has 37 heavy (non-hydrogen) atoms. The van der Waals surface area contributed by atoms with Crippen molar-refractivity contribution in [3.63, 3.8) is 0 Å². The Labute approximate surface area is 214 Å². The first-order valence-corrected chi connectivity index (χ1v) is 12.3. The molecule has 2 aromatic carbocycles. The van der Waals surface area contributed by atoms with Gasteiger partial charge in [0.25, 0.3) is 5.91 Å². The van der Waals surface area contributed by atoms with Gasteiger partial charge in [0.1, 0.15) is 13.2 Å². The summed E-state index contributed by atoms with van der Waals surface area (Å²) in [5.41, 5.74) is 1.17. The number of cyclic esters (lactones) is 2. The zero-order valence-corrected chi connectivity index (χ0v) is 20.5. The predicted octanol–water partition coefficient (Wildman–Crippen LogP) is 2.91. The third kappa shape index (κ3) is 4.32. The average molecular weight is 508 g/mol. The first kappa shape index (κ1) is 24.8. The van der Waals surface area contributed by atoms with Crippen molar-refractivity contribution in [1.29, 1.82) is 0 Å². The highest BCUT2D eigenvalue weighted by Gasteiger charge is 2.52. The monoisotopic (exact) mass is 507 g/mol. The highest BCUT2D eigenvalue weighted by molar-refractivity contribution is 6.08. The number of carbonyl (C=O) groups excluding carboxylic acids is 3. The number of rotatable bonds is 8. The first-order valence-electron chi connectivity index (χ1n) is 12.3. The van der Waals surface area contributed by atoms with Gasteiger partial charge in [0.15, 0.2) is 5.60 Å². The lowest BCUT2D eigenvalue weighted by Gasteiger charge is -2.28. The average Bonchev–Trinajstić information content (AvgIpc) is 3.58. The van der Waals surface area contributed by atoms with Crippen molar-refractivity contribution < 1.29 is 34.1 Å². The molecule has 0 spiro atoms. The second kappa shape index (κ2) is 9.87. The van der Waals surface area contributed by atoms with Gasteiger partial charge < -0.3 is 24.6 Å². The predicted molar refractivity (Wildman–Crippen MR) is 135 cm³/mol. The quantitative estimate of drug-likeness (QED) is 0.527. The van der Waals surface area contributed by atoms with Crippen molar-refractivity contribution in [3.8, 4) is 0 Å². The van der Waals surface area contributed by atoms with E-state index in [9.17, 15) is 19.5 Å². The molecular weight excluding hydrogens is 478 g/mol. The van der Waals surface area contributed by atoms with Crippen LogP contribution in [0.2, 0.25) is 0 Å². The minimum absolute atomic E-state index is 0.0370. The molecule has 3 aliphatic rings. The Balaban J connectivity index is 1.48. The van der Waals surface area contributed by atoms with Gasteiger partial charge in [-0.15, -0.1) is 0 Å². The van der Waals surface area contributed by atoms with Crippen LogP contribution < -0.4 is 14.7 Å². The normalized spacial score (nSPS) is 22.1. The summed E-state index contributed by atoms with van der Waals surface area (Å²) in [5.74, 6) is -1.07. The topological polar surface area (TPSA) is 120 Å². The summed E-state index contributed by atoms with van der Waals surface area (Å²) in [4.78, 5) is 42.4. The van der Waals surface area contributed by atoms with Crippen LogP contribution in [0, 0.1) is 5.92 Å². The molecule has 194 valence electrons. The van der Waals surface area contributed by atoms with Crippen LogP contribution in [0.25, 0.3) is 0 Å². The fourth-order valence-electron chi connectivity index (χ4n) is 4.99. The second-order valence-corrected chi connectivity index (χ2v) is 9.29. The summed E-state index contributed by atoms with van der Waals surface area (Å²) in [6, 6.07) is 12.4. The second-order valence-electron chi connectivity index (χ2n) is 9.29. The van der Waals surface area contributed by atoms with Crippen LogP contribution in [-0.2, 0) is 26.4 Å². The van der Waals surface area contributed by atoms with E-state index in [0.717, 1.165) is 5.56 Å². The van der Waals surface area contributed by atoms with E-state index in [2.05, 4.69) is 0 Å². The fourth-order valence-corrected chi connectivity index (χ4v) is 4.99. The van der Waals surface area contributed by atoms with Gasteiger partial charge in [-0.2, -0.15) is 0 Å². The zero-order valence-electron chi connectivity index (χ0n) is 20.5. The molecule has 0 bridgehead atoms. The van der Waals surface area contributed by atoms with E-state index < -0.39 is 23.5 Å². The van der Waals surface area contributed by atoms with Gasteiger partial charge in [0, 0.05) is 29.5 Å². The molecular formula is C27H29N3O7. The maximum Gasteiger partial charge on any atom is 0.414 e. The van der Waals surface area contributed by atoms with E-state index in [1.165, 1.54) is 9.80 Å². The molecule has 2 N–H and O–H groups in total. The van der Waals surface area contributed by atoms with Crippen molar-refractivity contribution in [2.75, 3.05) is 47.6 Å². The molecule has 0 radical (unpaired) electrons. The number of amides is 3. The summed E-state index contributed by atoms with van der Waals surface area (Å²) >= 11 is 0. The highest BCUT2D eigenvalue weighted by Crippen LogP contribution is 2.47. The molecule has 10 heteroatoms. The van der Waals surface area contributed by atoms with E-state index in [-0.39, 0.29) is 25.9 Å². The standard InChI is InChI=1S/C27H29N3O7/c1-18(4-2-3-13-31)27(35)22-16-21(29-12-15-37-26(29)34)9-10-23(22)30(24(27)32)17-19-5-7-20(8-6-19)28-11-14-36-25(28)33/h2,4-10,16,18,31,35H,3,11-15,17H2,1H3/b4-2+/t18-,27+/m0/s1. The maximum atomic E-state index is 13.8. The van der Waals surface area contributed by atoms with E-state index >= 15 is 0 Å². The van der Waals surface area contributed by atoms with Crippen LogP contribution in [0.1, 0.15) is 24.5 Å². The van der Waals surface area contributed by atoms with Gasteiger partial charge >= 0.3 is 12.2 Å². The molecule has 2 fully saturated rings. The molecule has 0 unspecified atom stereocenters. The molecule has 3 aliphatic heterocycles. The van der Waals surface area contributed by atoms with Crippen LogP contribution in [0.15, 0.2) is 54.6 Å². The summed E-state index contributed by atoms with van der Waals surface area (Å²) in [6.07, 6.45) is 3.01. The molecule has 0 saturated carbocycles. The third-order valence-corrected chi connectivity index (χ3v) is 7.05. The summed E-state index contributed by atoms with van der Waals surface area (Å²) < 4.78 is 10.1. The molecule has 10 nitrogen and oxygen atoms in total. The molecule has 0 aliphatic carbocycles. The number of anilines is 3. The molecule has 0 aromatic heterocycles. The molecule has 3 heterocycles. The van der Waals surface area contributed by atoms with Gasteiger partial charge in [-0.1, -0.05) is 31.2 Å². The maximum absolute atomic E-state index is 13.8.